The Morgan fingerprint density at radius 2 is 1.82 bits per heavy atom. The van der Waals surface area contributed by atoms with Gasteiger partial charge in [0.25, 0.3) is 0 Å². The van der Waals surface area contributed by atoms with Crippen LogP contribution in [0.25, 0.3) is 0 Å². The first-order valence-corrected chi connectivity index (χ1v) is 5.85. The van der Waals surface area contributed by atoms with Gasteiger partial charge in [-0.05, 0) is 24.9 Å². The largest absolute Gasteiger partial charge is 0.390 e. The molecule has 1 atom stereocenters. The monoisotopic (exact) mass is 245 g/mol. The smallest absolute Gasteiger partial charge is 0.314 e. The molecule has 0 heterocycles. The lowest BCUT2D eigenvalue weighted by atomic mass is 10.0. The third-order valence-corrected chi connectivity index (χ3v) is 2.59. The summed E-state index contributed by atoms with van der Waals surface area (Å²) in [5, 5.41) is 2.89. The van der Waals surface area contributed by atoms with Gasteiger partial charge in [0.15, 0.2) is 0 Å². The van der Waals surface area contributed by atoms with Crippen molar-refractivity contribution >= 4 is 0 Å². The third kappa shape index (κ3) is 6.31. The Labute approximate surface area is 100 Å². The number of aryl methyl sites for hydroxylation is 1. The minimum atomic E-state index is -4.09. The van der Waals surface area contributed by atoms with Crippen molar-refractivity contribution in [2.45, 2.75) is 38.4 Å². The van der Waals surface area contributed by atoms with Crippen LogP contribution in [0.15, 0.2) is 30.3 Å². The Bertz CT molecular complexity index is 308. The fourth-order valence-corrected chi connectivity index (χ4v) is 1.83. The fraction of sp³-hybridized carbons (Fsp3) is 0.538. The van der Waals surface area contributed by atoms with Gasteiger partial charge in [0.1, 0.15) is 0 Å². The molecule has 0 amide bonds. The summed E-state index contributed by atoms with van der Waals surface area (Å²) < 4.78 is 36.9. The topological polar surface area (TPSA) is 12.0 Å². The van der Waals surface area contributed by atoms with E-state index in [-0.39, 0.29) is 0 Å². The summed E-state index contributed by atoms with van der Waals surface area (Å²) in [6.45, 7) is 2.39. The molecule has 0 spiro atoms. The molecule has 17 heavy (non-hydrogen) atoms. The summed E-state index contributed by atoms with van der Waals surface area (Å²) in [6, 6.07) is 9.11. The van der Waals surface area contributed by atoms with Crippen molar-refractivity contribution in [1.29, 1.82) is 0 Å². The van der Waals surface area contributed by atoms with Crippen LogP contribution >= 0.6 is 0 Å². The molecule has 1 aromatic carbocycles. The molecule has 1 N–H and O–H groups in total. The van der Waals surface area contributed by atoms with Crippen LogP contribution in [0.3, 0.4) is 0 Å². The van der Waals surface area contributed by atoms with E-state index in [0.717, 1.165) is 5.56 Å². The maximum atomic E-state index is 12.3. The molecule has 1 aromatic rings. The summed E-state index contributed by atoms with van der Waals surface area (Å²) in [4.78, 5) is 0. The highest BCUT2D eigenvalue weighted by atomic mass is 19.4. The lowest BCUT2D eigenvalue weighted by molar-refractivity contribution is -0.140. The first kappa shape index (κ1) is 14.0. The van der Waals surface area contributed by atoms with Gasteiger partial charge in [0, 0.05) is 6.04 Å². The molecule has 0 radical (unpaired) electrons. The first-order valence-electron chi connectivity index (χ1n) is 5.85. The fourth-order valence-electron chi connectivity index (χ4n) is 1.83. The molecule has 0 saturated carbocycles. The van der Waals surface area contributed by atoms with Crippen molar-refractivity contribution < 1.29 is 13.2 Å². The van der Waals surface area contributed by atoms with Crippen LogP contribution in [0.2, 0.25) is 0 Å². The van der Waals surface area contributed by atoms with Crippen LogP contribution in [0.1, 0.15) is 25.3 Å². The van der Waals surface area contributed by atoms with Crippen molar-refractivity contribution in [1.82, 2.24) is 5.32 Å². The second-order valence-corrected chi connectivity index (χ2v) is 4.10. The lowest BCUT2D eigenvalue weighted by Crippen LogP contribution is -2.34. The molecule has 0 aliphatic carbocycles. The number of benzene rings is 1. The molecule has 0 aliphatic heterocycles. The zero-order valence-electron chi connectivity index (χ0n) is 9.93. The van der Waals surface area contributed by atoms with Crippen molar-refractivity contribution in [3.05, 3.63) is 35.9 Å². The standard InChI is InChI=1S/C13H18F3N/c1-2-17-12(10-13(14,15)16)9-8-11-6-4-3-5-7-11/h3-7,12,17H,2,8-10H2,1H3. The third-order valence-electron chi connectivity index (χ3n) is 2.59. The Balaban J connectivity index is 2.44. The molecule has 1 nitrogen and oxygen atoms in total. The molecule has 0 bridgehead atoms. The van der Waals surface area contributed by atoms with Crippen molar-refractivity contribution in [3.8, 4) is 0 Å². The van der Waals surface area contributed by atoms with Crippen molar-refractivity contribution in [2.75, 3.05) is 6.54 Å². The zero-order valence-corrected chi connectivity index (χ0v) is 9.93. The van der Waals surface area contributed by atoms with Gasteiger partial charge < -0.3 is 5.32 Å². The first-order chi connectivity index (χ1) is 8.01. The van der Waals surface area contributed by atoms with Crippen molar-refractivity contribution in [2.24, 2.45) is 0 Å². The minimum Gasteiger partial charge on any atom is -0.314 e. The van der Waals surface area contributed by atoms with Crippen molar-refractivity contribution in [3.63, 3.8) is 0 Å². The summed E-state index contributed by atoms with van der Waals surface area (Å²) >= 11 is 0. The average Bonchev–Trinajstić information content (AvgIpc) is 2.26. The van der Waals surface area contributed by atoms with E-state index in [9.17, 15) is 13.2 Å². The molecule has 1 rings (SSSR count). The molecule has 0 aromatic heterocycles. The van der Waals surface area contributed by atoms with Gasteiger partial charge in [-0.1, -0.05) is 37.3 Å². The van der Waals surface area contributed by atoms with Crippen LogP contribution in [-0.4, -0.2) is 18.8 Å². The van der Waals surface area contributed by atoms with E-state index in [1.807, 2.05) is 37.3 Å². The maximum absolute atomic E-state index is 12.3. The Hall–Kier alpha value is -1.03. The van der Waals surface area contributed by atoms with Crippen LogP contribution in [-0.2, 0) is 6.42 Å². The van der Waals surface area contributed by atoms with Crippen LogP contribution in [0.5, 0.6) is 0 Å². The van der Waals surface area contributed by atoms with Gasteiger partial charge in [-0.3, -0.25) is 0 Å². The van der Waals surface area contributed by atoms with Gasteiger partial charge in [-0.15, -0.1) is 0 Å². The number of hydrogen-bond donors (Lipinski definition) is 1. The second kappa shape index (κ2) is 6.64. The number of nitrogens with one attached hydrogen (secondary N) is 1. The Kier molecular flexibility index (Phi) is 5.48. The summed E-state index contributed by atoms with van der Waals surface area (Å²) in [7, 11) is 0. The van der Waals surface area contributed by atoms with Gasteiger partial charge in [0.05, 0.1) is 6.42 Å². The van der Waals surface area contributed by atoms with E-state index in [2.05, 4.69) is 5.32 Å². The van der Waals surface area contributed by atoms with Gasteiger partial charge in [0.2, 0.25) is 0 Å². The number of hydrogen-bond acceptors (Lipinski definition) is 1. The molecular weight excluding hydrogens is 227 g/mol. The minimum absolute atomic E-state index is 0.486. The predicted molar refractivity (Wildman–Crippen MR) is 62.9 cm³/mol. The highest BCUT2D eigenvalue weighted by molar-refractivity contribution is 5.14. The van der Waals surface area contributed by atoms with E-state index < -0.39 is 18.6 Å². The normalized spacial score (nSPS) is 13.6. The lowest BCUT2D eigenvalue weighted by Gasteiger charge is -2.19. The predicted octanol–water partition coefficient (Wildman–Crippen LogP) is 3.55. The van der Waals surface area contributed by atoms with E-state index in [0.29, 0.717) is 19.4 Å². The Morgan fingerprint density at radius 3 is 2.35 bits per heavy atom. The summed E-state index contributed by atoms with van der Waals surface area (Å²) in [5.41, 5.74) is 1.08. The molecule has 0 fully saturated rings. The highest BCUT2D eigenvalue weighted by Crippen LogP contribution is 2.23. The maximum Gasteiger partial charge on any atom is 0.390 e. The van der Waals surface area contributed by atoms with Crippen LogP contribution < -0.4 is 5.32 Å². The molecular formula is C13H18F3N. The highest BCUT2D eigenvalue weighted by Gasteiger charge is 2.31. The van der Waals surface area contributed by atoms with Gasteiger partial charge in [-0.25, -0.2) is 0 Å². The second-order valence-electron chi connectivity index (χ2n) is 4.10. The van der Waals surface area contributed by atoms with E-state index >= 15 is 0 Å². The molecule has 0 saturated heterocycles. The molecule has 1 unspecified atom stereocenters. The SMILES string of the molecule is CCNC(CCc1ccccc1)CC(F)(F)F. The molecule has 96 valence electrons. The number of alkyl halides is 3. The zero-order chi connectivity index (χ0) is 12.7. The summed E-state index contributed by atoms with van der Waals surface area (Å²) in [5.74, 6) is 0. The quantitative estimate of drug-likeness (QED) is 0.808. The van der Waals surface area contributed by atoms with Gasteiger partial charge in [-0.2, -0.15) is 13.2 Å². The van der Waals surface area contributed by atoms with Crippen LogP contribution in [0.4, 0.5) is 13.2 Å². The van der Waals surface area contributed by atoms with E-state index in [1.54, 1.807) is 0 Å². The Morgan fingerprint density at radius 1 is 1.18 bits per heavy atom. The number of rotatable bonds is 6. The van der Waals surface area contributed by atoms with Crippen LogP contribution in [0, 0.1) is 0 Å². The van der Waals surface area contributed by atoms with E-state index in [4.69, 9.17) is 0 Å². The molecule has 0 aliphatic rings. The van der Waals surface area contributed by atoms with Gasteiger partial charge >= 0.3 is 6.18 Å². The van der Waals surface area contributed by atoms with E-state index in [1.165, 1.54) is 0 Å². The number of halogens is 3. The average molecular weight is 245 g/mol. The molecule has 4 heteroatoms. The summed E-state index contributed by atoms with van der Waals surface area (Å²) in [6.07, 6.45) is -3.66.